The second kappa shape index (κ2) is 6.63. The fourth-order valence-corrected chi connectivity index (χ4v) is 2.41. The molecule has 6 nitrogen and oxygen atoms in total. The molecule has 0 saturated heterocycles. The van der Waals surface area contributed by atoms with Gasteiger partial charge in [-0.1, -0.05) is 12.1 Å². The molecule has 2 aromatic rings. The van der Waals surface area contributed by atoms with Gasteiger partial charge >= 0.3 is 0 Å². The lowest BCUT2D eigenvalue weighted by molar-refractivity contribution is 0.0903. The molecule has 2 heterocycles. The fourth-order valence-electron chi connectivity index (χ4n) is 1.81. The summed E-state index contributed by atoms with van der Waals surface area (Å²) in [6.45, 7) is 2.02. The molecule has 0 amide bonds. The van der Waals surface area contributed by atoms with E-state index in [0.717, 1.165) is 31.4 Å². The van der Waals surface area contributed by atoms with Crippen LogP contribution in [-0.4, -0.2) is 22.2 Å². The highest BCUT2D eigenvalue weighted by Crippen LogP contribution is 2.18. The highest BCUT2D eigenvalue weighted by Gasteiger charge is 2.15. The molecular weight excluding hydrogens is 264 g/mol. The summed E-state index contributed by atoms with van der Waals surface area (Å²) in [5.74, 6) is 1.27. The van der Waals surface area contributed by atoms with Crippen LogP contribution in [0.2, 0.25) is 0 Å². The van der Waals surface area contributed by atoms with Crippen LogP contribution in [0.1, 0.15) is 43.3 Å². The number of anilines is 1. The van der Waals surface area contributed by atoms with Crippen molar-refractivity contribution in [3.8, 4) is 0 Å². The van der Waals surface area contributed by atoms with Gasteiger partial charge in [0.1, 0.15) is 6.10 Å². The van der Waals surface area contributed by atoms with E-state index < -0.39 is 0 Å². The molecule has 0 spiro atoms. The van der Waals surface area contributed by atoms with Crippen molar-refractivity contribution in [1.82, 2.24) is 15.1 Å². The number of hydrogen-bond acceptors (Lipinski definition) is 7. The molecule has 2 rings (SSSR count). The van der Waals surface area contributed by atoms with Gasteiger partial charge in [0.15, 0.2) is 5.13 Å². The van der Waals surface area contributed by atoms with Crippen LogP contribution in [0.25, 0.3) is 0 Å². The molecule has 2 N–H and O–H groups in total. The first-order valence-corrected chi connectivity index (χ1v) is 7.16. The summed E-state index contributed by atoms with van der Waals surface area (Å²) in [7, 11) is 1.65. The average Bonchev–Trinajstić information content (AvgIpc) is 3.01. The zero-order valence-electron chi connectivity index (χ0n) is 11.1. The maximum Gasteiger partial charge on any atom is 0.226 e. The summed E-state index contributed by atoms with van der Waals surface area (Å²) < 4.78 is 10.5. The number of thiazole rings is 1. The zero-order valence-corrected chi connectivity index (χ0v) is 11.9. The van der Waals surface area contributed by atoms with Crippen molar-refractivity contribution in [2.45, 2.75) is 38.7 Å². The van der Waals surface area contributed by atoms with E-state index in [1.165, 1.54) is 11.3 Å². The monoisotopic (exact) mass is 282 g/mol. The second-order valence-electron chi connectivity index (χ2n) is 4.21. The minimum Gasteiger partial charge on any atom is -0.375 e. The Morgan fingerprint density at radius 3 is 2.89 bits per heavy atom. The van der Waals surface area contributed by atoms with E-state index >= 15 is 0 Å². The lowest BCUT2D eigenvalue weighted by Gasteiger charge is -2.05. The smallest absolute Gasteiger partial charge is 0.226 e. The number of methoxy groups -OCH3 is 1. The summed E-state index contributed by atoms with van der Waals surface area (Å²) >= 11 is 1.46. The lowest BCUT2D eigenvalue weighted by atomic mass is 10.2. The third-order valence-corrected chi connectivity index (χ3v) is 3.54. The number of aromatic nitrogens is 3. The number of nitrogens with zero attached hydrogens (tertiary/aromatic N) is 3. The normalized spacial score (nSPS) is 12.7. The van der Waals surface area contributed by atoms with E-state index in [1.807, 2.05) is 12.3 Å². The highest BCUT2D eigenvalue weighted by atomic mass is 32.1. The molecule has 0 bridgehead atoms. The van der Waals surface area contributed by atoms with Crippen molar-refractivity contribution < 1.29 is 9.26 Å². The summed E-state index contributed by atoms with van der Waals surface area (Å²) in [5, 5.41) is 6.53. The van der Waals surface area contributed by atoms with E-state index in [9.17, 15) is 0 Å². The Morgan fingerprint density at radius 2 is 2.26 bits per heavy atom. The standard InChI is InChI=1S/C12H18N4O2S/c1-3-9(17-2)11-15-10(18-16-11)6-4-5-8-7-19-12(13)14-8/h7,9H,3-6H2,1-2H3,(H2,13,14). The van der Waals surface area contributed by atoms with E-state index in [0.29, 0.717) is 16.8 Å². The SMILES string of the molecule is CCC(OC)c1noc(CCCc2csc(N)n2)n1. The van der Waals surface area contributed by atoms with Crippen LogP contribution in [0.3, 0.4) is 0 Å². The Morgan fingerprint density at radius 1 is 1.42 bits per heavy atom. The van der Waals surface area contributed by atoms with Crippen LogP contribution in [0.4, 0.5) is 5.13 Å². The first kappa shape index (κ1) is 14.0. The minimum atomic E-state index is -0.0872. The van der Waals surface area contributed by atoms with Crippen molar-refractivity contribution in [2.24, 2.45) is 0 Å². The Bertz CT molecular complexity index is 507. The Kier molecular flexibility index (Phi) is 4.86. The third kappa shape index (κ3) is 3.74. The topological polar surface area (TPSA) is 87.1 Å². The van der Waals surface area contributed by atoms with Crippen LogP contribution < -0.4 is 5.73 Å². The second-order valence-corrected chi connectivity index (χ2v) is 5.10. The lowest BCUT2D eigenvalue weighted by Crippen LogP contribution is -2.02. The molecule has 104 valence electrons. The molecule has 0 aliphatic heterocycles. The van der Waals surface area contributed by atoms with Crippen LogP contribution in [0.5, 0.6) is 0 Å². The molecule has 1 atom stereocenters. The summed E-state index contributed by atoms with van der Waals surface area (Å²) in [6, 6.07) is 0. The highest BCUT2D eigenvalue weighted by molar-refractivity contribution is 7.13. The molecule has 0 aliphatic rings. The molecule has 19 heavy (non-hydrogen) atoms. The van der Waals surface area contributed by atoms with Gasteiger partial charge in [0, 0.05) is 18.9 Å². The molecule has 1 unspecified atom stereocenters. The van der Waals surface area contributed by atoms with Gasteiger partial charge in [-0.3, -0.25) is 0 Å². The van der Waals surface area contributed by atoms with Crippen molar-refractivity contribution in [3.05, 3.63) is 22.8 Å². The summed E-state index contributed by atoms with van der Waals surface area (Å²) in [5.41, 5.74) is 6.60. The van der Waals surface area contributed by atoms with Gasteiger partial charge in [0.2, 0.25) is 11.7 Å². The first-order valence-electron chi connectivity index (χ1n) is 6.28. The third-order valence-electron chi connectivity index (χ3n) is 2.82. The van der Waals surface area contributed by atoms with Crippen LogP contribution >= 0.6 is 11.3 Å². The van der Waals surface area contributed by atoms with E-state index in [4.69, 9.17) is 15.0 Å². The van der Waals surface area contributed by atoms with Gasteiger partial charge in [-0.2, -0.15) is 4.98 Å². The molecular formula is C12H18N4O2S. The largest absolute Gasteiger partial charge is 0.375 e. The number of rotatable bonds is 7. The van der Waals surface area contributed by atoms with Crippen molar-refractivity contribution in [2.75, 3.05) is 12.8 Å². The maximum atomic E-state index is 5.58. The fraction of sp³-hybridized carbons (Fsp3) is 0.583. The van der Waals surface area contributed by atoms with Crippen LogP contribution in [-0.2, 0) is 17.6 Å². The Hall–Kier alpha value is -1.47. The number of aryl methyl sites for hydroxylation is 2. The van der Waals surface area contributed by atoms with E-state index in [1.54, 1.807) is 7.11 Å². The molecule has 0 saturated carbocycles. The molecule has 7 heteroatoms. The van der Waals surface area contributed by atoms with Crippen LogP contribution in [0.15, 0.2) is 9.90 Å². The predicted molar refractivity (Wildman–Crippen MR) is 72.9 cm³/mol. The average molecular weight is 282 g/mol. The zero-order chi connectivity index (χ0) is 13.7. The predicted octanol–water partition coefficient (Wildman–Crippen LogP) is 2.38. The molecule has 0 fully saturated rings. The number of nitrogen functional groups attached to an aromatic ring is 1. The number of nitrogens with two attached hydrogens (primary N) is 1. The quantitative estimate of drug-likeness (QED) is 0.839. The number of hydrogen-bond donors (Lipinski definition) is 1. The Labute approximate surface area is 116 Å². The van der Waals surface area contributed by atoms with E-state index in [2.05, 4.69) is 15.1 Å². The number of ether oxygens (including phenoxy) is 1. The van der Waals surface area contributed by atoms with Crippen LogP contribution in [0, 0.1) is 0 Å². The molecule has 2 aromatic heterocycles. The van der Waals surface area contributed by atoms with Crippen molar-refractivity contribution in [3.63, 3.8) is 0 Å². The van der Waals surface area contributed by atoms with Gasteiger partial charge in [-0.15, -0.1) is 11.3 Å². The maximum absolute atomic E-state index is 5.58. The minimum absolute atomic E-state index is 0.0872. The van der Waals surface area contributed by atoms with Gasteiger partial charge in [-0.25, -0.2) is 4.98 Å². The molecule has 0 radical (unpaired) electrons. The van der Waals surface area contributed by atoms with Gasteiger partial charge < -0.3 is 15.0 Å². The Balaban J connectivity index is 1.83. The van der Waals surface area contributed by atoms with Crippen molar-refractivity contribution in [1.29, 1.82) is 0 Å². The first-order chi connectivity index (χ1) is 9.22. The van der Waals surface area contributed by atoms with Gasteiger partial charge in [0.25, 0.3) is 0 Å². The molecule has 0 aliphatic carbocycles. The van der Waals surface area contributed by atoms with Gasteiger partial charge in [-0.05, 0) is 19.3 Å². The summed E-state index contributed by atoms with van der Waals surface area (Å²) in [4.78, 5) is 8.55. The molecule has 0 aromatic carbocycles. The summed E-state index contributed by atoms with van der Waals surface area (Å²) in [6.07, 6.45) is 3.26. The van der Waals surface area contributed by atoms with E-state index in [-0.39, 0.29) is 6.10 Å². The van der Waals surface area contributed by atoms with Crippen molar-refractivity contribution >= 4 is 16.5 Å². The van der Waals surface area contributed by atoms with Gasteiger partial charge in [0.05, 0.1) is 5.69 Å².